The fourth-order valence-corrected chi connectivity index (χ4v) is 5.62. The molecule has 0 bridgehead atoms. The number of aryl methyl sites for hydroxylation is 1. The number of nitrogens with one attached hydrogen (secondary N) is 2. The molecule has 1 heterocycles. The Bertz CT molecular complexity index is 1330. The zero-order valence-corrected chi connectivity index (χ0v) is 23.9. The molecule has 0 saturated carbocycles. The number of pyridine rings is 1. The molecule has 3 nitrogen and oxygen atoms in total. The maximum absolute atomic E-state index is 13.7. The van der Waals surface area contributed by atoms with E-state index in [4.69, 9.17) is 0 Å². The minimum atomic E-state index is -4.47. The molecule has 1 aliphatic rings. The minimum absolute atomic E-state index is 0.0215. The van der Waals surface area contributed by atoms with Crippen LogP contribution in [0.25, 0.3) is 0 Å². The highest BCUT2D eigenvalue weighted by Gasteiger charge is 2.37. The third-order valence-corrected chi connectivity index (χ3v) is 8.36. The molecule has 3 aromatic rings. The smallest absolute Gasteiger partial charge is 0.390 e. The molecule has 40 heavy (non-hydrogen) atoms. The maximum Gasteiger partial charge on any atom is 0.433 e. The van der Waals surface area contributed by atoms with Crippen molar-refractivity contribution in [2.45, 2.75) is 82.5 Å². The zero-order valence-electron chi connectivity index (χ0n) is 23.9. The summed E-state index contributed by atoms with van der Waals surface area (Å²) in [6, 6.07) is 15.1. The van der Waals surface area contributed by atoms with E-state index in [1.54, 1.807) is 19.2 Å². The molecule has 0 fully saturated rings. The SMILES string of the molecule is C=C(NC)[C@H](N[C@@H](CCc1ccc(C(F)(F)F)nc1)c1ccc2c(c1)C(C)(C)CCC2(C)C)c1ccc(F)cc1. The highest BCUT2D eigenvalue weighted by molar-refractivity contribution is 5.44. The molecule has 0 radical (unpaired) electrons. The number of likely N-dealkylation sites (N-methyl/N-ethyl adjacent to an activating group) is 1. The van der Waals surface area contributed by atoms with Gasteiger partial charge in [-0.25, -0.2) is 4.39 Å². The molecule has 1 aliphatic carbocycles. The molecule has 214 valence electrons. The van der Waals surface area contributed by atoms with Gasteiger partial charge in [0, 0.05) is 25.0 Å². The maximum atomic E-state index is 13.7. The molecule has 1 aromatic heterocycles. The lowest BCUT2D eigenvalue weighted by atomic mass is 9.63. The summed E-state index contributed by atoms with van der Waals surface area (Å²) >= 11 is 0. The van der Waals surface area contributed by atoms with Crippen LogP contribution in [-0.2, 0) is 23.4 Å². The molecule has 0 aliphatic heterocycles. The summed E-state index contributed by atoms with van der Waals surface area (Å²) in [5.41, 5.74) is 5.30. The topological polar surface area (TPSA) is 37.0 Å². The monoisotopic (exact) mass is 553 g/mol. The zero-order chi connectivity index (χ0) is 29.3. The largest absolute Gasteiger partial charge is 0.433 e. The molecule has 0 unspecified atom stereocenters. The van der Waals surface area contributed by atoms with Gasteiger partial charge in [-0.1, -0.05) is 70.7 Å². The van der Waals surface area contributed by atoms with E-state index in [2.05, 4.69) is 68.1 Å². The number of hydrogen-bond acceptors (Lipinski definition) is 3. The Balaban J connectivity index is 1.71. The van der Waals surface area contributed by atoms with Crippen LogP contribution in [0, 0.1) is 5.82 Å². The van der Waals surface area contributed by atoms with E-state index in [1.807, 2.05) is 0 Å². The Morgan fingerprint density at radius 2 is 1.55 bits per heavy atom. The van der Waals surface area contributed by atoms with Crippen LogP contribution in [0.15, 0.2) is 73.1 Å². The van der Waals surface area contributed by atoms with E-state index in [-0.39, 0.29) is 28.7 Å². The van der Waals surface area contributed by atoms with Crippen molar-refractivity contribution in [3.8, 4) is 0 Å². The second-order valence-corrected chi connectivity index (χ2v) is 12.1. The van der Waals surface area contributed by atoms with Crippen LogP contribution in [0.1, 0.15) is 92.6 Å². The molecule has 0 saturated heterocycles. The average molecular weight is 554 g/mol. The lowest BCUT2D eigenvalue weighted by molar-refractivity contribution is -0.141. The van der Waals surface area contributed by atoms with Gasteiger partial charge in [0.2, 0.25) is 0 Å². The Labute approximate surface area is 235 Å². The number of hydrogen-bond donors (Lipinski definition) is 2. The third-order valence-electron chi connectivity index (χ3n) is 8.36. The Morgan fingerprint density at radius 3 is 2.12 bits per heavy atom. The number of benzene rings is 2. The summed E-state index contributed by atoms with van der Waals surface area (Å²) in [7, 11) is 1.80. The van der Waals surface area contributed by atoms with E-state index in [0.29, 0.717) is 12.8 Å². The van der Waals surface area contributed by atoms with Crippen LogP contribution in [0.5, 0.6) is 0 Å². The molecular weight excluding hydrogens is 514 g/mol. The van der Waals surface area contributed by atoms with Gasteiger partial charge in [-0.15, -0.1) is 0 Å². The van der Waals surface area contributed by atoms with E-state index < -0.39 is 11.9 Å². The standard InChI is InChI=1S/C33H39F4N3/c1-21(38-6)30(23-9-12-25(34)13-10-23)40-28(15-7-22-8-16-29(39-20-22)33(35,36)37)24-11-14-26-27(19-24)32(4,5)18-17-31(26,2)3/h8-14,16,19-20,28,30,38,40H,1,7,15,17-18H2,2-6H3/t28-,30-/m0/s1. The summed E-state index contributed by atoms with van der Waals surface area (Å²) in [4.78, 5) is 3.65. The number of rotatable bonds is 9. The van der Waals surface area contributed by atoms with Crippen LogP contribution < -0.4 is 10.6 Å². The van der Waals surface area contributed by atoms with E-state index in [0.717, 1.165) is 41.3 Å². The number of halogens is 4. The Kier molecular flexibility index (Phi) is 8.46. The summed E-state index contributed by atoms with van der Waals surface area (Å²) < 4.78 is 52.8. The van der Waals surface area contributed by atoms with Gasteiger partial charge in [-0.05, 0) is 82.5 Å². The van der Waals surface area contributed by atoms with Crippen LogP contribution in [0.3, 0.4) is 0 Å². The van der Waals surface area contributed by atoms with Gasteiger partial charge in [0.1, 0.15) is 11.5 Å². The number of fused-ring (bicyclic) bond motifs is 1. The summed E-state index contributed by atoms with van der Waals surface area (Å²) in [6.45, 7) is 13.3. The van der Waals surface area contributed by atoms with Crippen molar-refractivity contribution in [2.75, 3.05) is 7.05 Å². The van der Waals surface area contributed by atoms with Crippen molar-refractivity contribution in [2.24, 2.45) is 0 Å². The predicted octanol–water partition coefficient (Wildman–Crippen LogP) is 8.33. The number of nitrogens with zero attached hydrogens (tertiary/aromatic N) is 1. The normalized spacial score (nSPS) is 17.5. The fourth-order valence-electron chi connectivity index (χ4n) is 5.62. The average Bonchev–Trinajstić information content (AvgIpc) is 2.91. The van der Waals surface area contributed by atoms with Gasteiger partial charge in [-0.3, -0.25) is 10.3 Å². The second kappa shape index (κ2) is 11.4. The van der Waals surface area contributed by atoms with Gasteiger partial charge in [0.15, 0.2) is 0 Å². The molecule has 0 amide bonds. The first-order valence-electron chi connectivity index (χ1n) is 13.8. The van der Waals surface area contributed by atoms with E-state index in [9.17, 15) is 17.6 Å². The fraction of sp³-hybridized carbons (Fsp3) is 0.424. The van der Waals surface area contributed by atoms with Crippen molar-refractivity contribution in [1.82, 2.24) is 15.6 Å². The first kappa shape index (κ1) is 29.8. The third kappa shape index (κ3) is 6.57. The van der Waals surface area contributed by atoms with Crippen molar-refractivity contribution in [3.05, 3.63) is 112 Å². The van der Waals surface area contributed by atoms with Crippen LogP contribution in [-0.4, -0.2) is 12.0 Å². The number of alkyl halides is 3. The molecule has 2 atom stereocenters. The Hall–Kier alpha value is -3.19. The molecule has 4 rings (SSSR count). The first-order chi connectivity index (χ1) is 18.7. The van der Waals surface area contributed by atoms with Crippen LogP contribution in [0.2, 0.25) is 0 Å². The lowest BCUT2D eigenvalue weighted by Crippen LogP contribution is -2.35. The van der Waals surface area contributed by atoms with Gasteiger partial charge in [0.05, 0.1) is 6.04 Å². The number of aromatic nitrogens is 1. The summed E-state index contributed by atoms with van der Waals surface area (Å²) in [5.74, 6) is -0.316. The quantitative estimate of drug-likeness (QED) is 0.262. The molecule has 2 aromatic carbocycles. The van der Waals surface area contributed by atoms with Crippen LogP contribution >= 0.6 is 0 Å². The summed E-state index contributed by atoms with van der Waals surface area (Å²) in [6.07, 6.45) is 0.177. The Morgan fingerprint density at radius 1 is 0.925 bits per heavy atom. The molecule has 7 heteroatoms. The van der Waals surface area contributed by atoms with Gasteiger partial charge < -0.3 is 5.32 Å². The highest BCUT2D eigenvalue weighted by atomic mass is 19.4. The molecule has 0 spiro atoms. The van der Waals surface area contributed by atoms with Crippen molar-refractivity contribution in [1.29, 1.82) is 0 Å². The molecular formula is C33H39F4N3. The van der Waals surface area contributed by atoms with E-state index in [1.165, 1.54) is 35.5 Å². The minimum Gasteiger partial charge on any atom is -0.390 e. The summed E-state index contributed by atoms with van der Waals surface area (Å²) in [5, 5.41) is 6.87. The van der Waals surface area contributed by atoms with Crippen molar-refractivity contribution in [3.63, 3.8) is 0 Å². The second-order valence-electron chi connectivity index (χ2n) is 12.1. The van der Waals surface area contributed by atoms with E-state index >= 15 is 0 Å². The van der Waals surface area contributed by atoms with Gasteiger partial charge in [0.25, 0.3) is 0 Å². The molecule has 2 N–H and O–H groups in total. The predicted molar refractivity (Wildman–Crippen MR) is 153 cm³/mol. The van der Waals surface area contributed by atoms with Gasteiger partial charge >= 0.3 is 6.18 Å². The van der Waals surface area contributed by atoms with Crippen molar-refractivity contribution >= 4 is 0 Å². The van der Waals surface area contributed by atoms with Crippen molar-refractivity contribution < 1.29 is 17.6 Å². The van der Waals surface area contributed by atoms with Gasteiger partial charge in [-0.2, -0.15) is 13.2 Å². The first-order valence-corrected chi connectivity index (χ1v) is 13.8. The van der Waals surface area contributed by atoms with Crippen LogP contribution in [0.4, 0.5) is 17.6 Å². The highest BCUT2D eigenvalue weighted by Crippen LogP contribution is 2.46. The lowest BCUT2D eigenvalue weighted by Gasteiger charge is -2.42.